The molecule has 30 nitrogen and oxygen atoms in total. The van der Waals surface area contributed by atoms with E-state index in [1.165, 1.54) is 27.8 Å². The number of ether oxygens (including phenoxy) is 5. The van der Waals surface area contributed by atoms with Crippen molar-refractivity contribution in [3.63, 3.8) is 0 Å². The normalized spacial score (nSPS) is 28.6. The zero-order valence-electron chi connectivity index (χ0n) is 48.1. The van der Waals surface area contributed by atoms with Gasteiger partial charge in [0.15, 0.2) is 12.6 Å². The molecule has 83 heavy (non-hydrogen) atoms. The Morgan fingerprint density at radius 2 is 0.880 bits per heavy atom. The average Bonchev–Trinajstić information content (AvgIpc) is 3.23. The van der Waals surface area contributed by atoms with E-state index in [0.29, 0.717) is 51.4 Å². The zero-order chi connectivity index (χ0) is 61.6. The number of nitrogens with one attached hydrogen (secondary N) is 8. The first kappa shape index (κ1) is 72.5. The molecule has 3 rings (SSSR count). The van der Waals surface area contributed by atoms with Gasteiger partial charge in [-0.3, -0.25) is 38.4 Å². The molecule has 3 aliphatic rings. The Hall–Kier alpha value is -4.80. The molecule has 3 fully saturated rings. The molecule has 17 N–H and O–H groups in total. The molecule has 0 radical (unpaired) electrons. The summed E-state index contributed by atoms with van der Waals surface area (Å²) in [5.41, 5.74) is 0. The van der Waals surface area contributed by atoms with Gasteiger partial charge in [-0.15, -0.1) is 0 Å². The molecule has 0 spiro atoms. The molecule has 2 aliphatic heterocycles. The zero-order valence-corrected chi connectivity index (χ0v) is 48.1. The van der Waals surface area contributed by atoms with Crippen molar-refractivity contribution in [3.8, 4) is 0 Å². The van der Waals surface area contributed by atoms with Gasteiger partial charge >= 0.3 is 0 Å². The monoisotopic (exact) mass is 1190 g/mol. The van der Waals surface area contributed by atoms with Crippen molar-refractivity contribution in [1.82, 2.24) is 42.5 Å². The number of hydrogen-bond donors (Lipinski definition) is 17. The highest BCUT2D eigenvalue weighted by atomic mass is 16.7. The molecular weight excluding hydrogens is 1100 g/mol. The van der Waals surface area contributed by atoms with E-state index in [4.69, 9.17) is 23.7 Å². The molecule has 1 saturated carbocycles. The highest BCUT2D eigenvalue weighted by Gasteiger charge is 2.47. The fourth-order valence-electron chi connectivity index (χ4n) is 9.92. The van der Waals surface area contributed by atoms with Gasteiger partial charge in [0.25, 0.3) is 0 Å². The van der Waals surface area contributed by atoms with Gasteiger partial charge in [-0.1, -0.05) is 0 Å². The van der Waals surface area contributed by atoms with Crippen LogP contribution >= 0.6 is 0 Å². The number of rotatable bonds is 38. The number of likely N-dealkylation sites (N-methyl/N-ethyl adjacent to an activating group) is 1. The van der Waals surface area contributed by atoms with Crippen LogP contribution in [0.5, 0.6) is 0 Å². The lowest BCUT2D eigenvalue weighted by atomic mass is 9.79. The summed E-state index contributed by atoms with van der Waals surface area (Å²) in [7, 11) is 1.41. The van der Waals surface area contributed by atoms with Crippen LogP contribution in [0.3, 0.4) is 0 Å². The van der Waals surface area contributed by atoms with Crippen molar-refractivity contribution in [3.05, 3.63) is 0 Å². The summed E-state index contributed by atoms with van der Waals surface area (Å²) in [5, 5.41) is 112. The number of carbonyl (C=O) groups excluding carboxylic acids is 8. The maximum atomic E-state index is 13.9. The van der Waals surface area contributed by atoms with Crippen molar-refractivity contribution >= 4 is 47.3 Å². The Bertz CT molecular complexity index is 2000. The van der Waals surface area contributed by atoms with Crippen LogP contribution < -0.4 is 42.5 Å². The van der Waals surface area contributed by atoms with Gasteiger partial charge in [-0.2, -0.15) is 0 Å². The van der Waals surface area contributed by atoms with Crippen LogP contribution in [0.4, 0.5) is 0 Å². The standard InChI is InChI=1S/C53H94N8O22/c1-29(65)57-41-35(25-32(26-62)44(71)47(41)74)79-22-12-7-17-38(68)55-20-10-5-15-33(50(77)54-4)61-51(78)34(60-40(70)19-9-14-24-81-53-43(59-31(3)67)49(76)46(73)37(28-64)83-53)16-6-11-21-56-39(69)18-8-13-23-80-52-42(58-30(2)66)48(75)45(72)36(27-63)82-52/h32-37,41-49,52-53,62-64,71-76H,5-28H2,1-4H3,(H,54,77)(H,55,68)(H,56,69)(H,57,65)(H,58,66)(H,59,67)(H,60,70)(H,61,78)/t32-,33+,34+,35-,36-,37-,41+,42-,43-,44+,45+,46+,47-,48-,49-,52-,53-/m1/s1. The van der Waals surface area contributed by atoms with Gasteiger partial charge in [0.2, 0.25) is 47.3 Å². The highest BCUT2D eigenvalue weighted by molar-refractivity contribution is 5.92. The maximum Gasteiger partial charge on any atom is 0.243 e. The van der Waals surface area contributed by atoms with Crippen molar-refractivity contribution in [2.24, 2.45) is 5.92 Å². The van der Waals surface area contributed by atoms with Crippen molar-refractivity contribution in [1.29, 1.82) is 0 Å². The van der Waals surface area contributed by atoms with Crippen molar-refractivity contribution in [2.45, 2.75) is 221 Å². The smallest absolute Gasteiger partial charge is 0.243 e. The molecule has 0 aromatic heterocycles. The molecule has 478 valence electrons. The van der Waals surface area contributed by atoms with Crippen LogP contribution in [0.1, 0.15) is 124 Å². The Morgan fingerprint density at radius 1 is 0.470 bits per heavy atom. The van der Waals surface area contributed by atoms with Crippen LogP contribution in [-0.4, -0.2) is 251 Å². The minimum atomic E-state index is -1.50. The minimum Gasteiger partial charge on any atom is -0.396 e. The second-order valence-corrected chi connectivity index (χ2v) is 21.3. The molecule has 17 atom stereocenters. The molecule has 2 heterocycles. The average molecular weight is 1200 g/mol. The van der Waals surface area contributed by atoms with Gasteiger partial charge in [-0.25, -0.2) is 0 Å². The topological polar surface area (TPSA) is 461 Å². The van der Waals surface area contributed by atoms with E-state index >= 15 is 0 Å². The summed E-state index contributed by atoms with van der Waals surface area (Å²) in [6, 6.07) is -5.22. The molecule has 0 unspecified atom stereocenters. The fraction of sp³-hybridized carbons (Fsp3) is 0.849. The lowest BCUT2D eigenvalue weighted by Crippen LogP contribution is -2.64. The highest BCUT2D eigenvalue weighted by Crippen LogP contribution is 2.29. The molecule has 2 saturated heterocycles. The van der Waals surface area contributed by atoms with E-state index in [0.717, 1.165) is 0 Å². The predicted molar refractivity (Wildman–Crippen MR) is 290 cm³/mol. The van der Waals surface area contributed by atoms with Gasteiger partial charge < -0.3 is 112 Å². The summed E-state index contributed by atoms with van der Waals surface area (Å²) in [5.74, 6) is -4.17. The SMILES string of the molecule is CNC(=O)[C@H](CCCCNC(=O)CCCCO[C@@H]1C[C@H](CO)[C@H](O)[C@H](O)[C@H]1NC(C)=O)NC(=O)[C@H](CCCCNC(=O)CCCCO[C@@H]1O[C@H](CO)[C@H](O)[C@H](O)[C@H]1NC(C)=O)NC(=O)CCCCO[C@@H]1O[C@H](CO)[C@H](O)[C@H](O)[C@H]1NC(C)=O. The molecule has 8 amide bonds. The van der Waals surface area contributed by atoms with E-state index < -0.39 is 152 Å². The van der Waals surface area contributed by atoms with Gasteiger partial charge in [0.05, 0.1) is 31.5 Å². The van der Waals surface area contributed by atoms with Crippen LogP contribution in [0.2, 0.25) is 0 Å². The molecule has 0 aromatic rings. The van der Waals surface area contributed by atoms with E-state index in [2.05, 4.69) is 42.5 Å². The second-order valence-electron chi connectivity index (χ2n) is 21.3. The van der Waals surface area contributed by atoms with Crippen LogP contribution in [0, 0.1) is 5.92 Å². The number of carbonyl (C=O) groups is 8. The van der Waals surface area contributed by atoms with E-state index in [-0.39, 0.29) is 103 Å². The molecule has 0 bridgehead atoms. The lowest BCUT2D eigenvalue weighted by Gasteiger charge is -2.42. The second kappa shape index (κ2) is 39.0. The number of hydrogen-bond acceptors (Lipinski definition) is 22. The Morgan fingerprint density at radius 3 is 1.30 bits per heavy atom. The van der Waals surface area contributed by atoms with Crippen LogP contribution in [-0.2, 0) is 62.0 Å². The van der Waals surface area contributed by atoms with Crippen LogP contribution in [0.15, 0.2) is 0 Å². The largest absolute Gasteiger partial charge is 0.396 e. The third kappa shape index (κ3) is 25.4. The van der Waals surface area contributed by atoms with E-state index in [1.54, 1.807) is 0 Å². The summed E-state index contributed by atoms with van der Waals surface area (Å²) >= 11 is 0. The third-order valence-corrected chi connectivity index (χ3v) is 14.5. The summed E-state index contributed by atoms with van der Waals surface area (Å²) < 4.78 is 28.5. The molecule has 0 aromatic carbocycles. The number of unbranched alkanes of at least 4 members (excludes halogenated alkanes) is 5. The third-order valence-electron chi connectivity index (χ3n) is 14.5. The number of amides is 8. The summed E-state index contributed by atoms with van der Waals surface area (Å²) in [6.45, 7) is 2.88. The minimum absolute atomic E-state index is 0.0123. The molecular formula is C53H94N8O22. The quantitative estimate of drug-likeness (QED) is 0.0256. The number of aliphatic hydroxyl groups is 9. The predicted octanol–water partition coefficient (Wildman–Crippen LogP) is -5.67. The number of aliphatic hydroxyl groups excluding tert-OH is 9. The molecule has 30 heteroatoms. The van der Waals surface area contributed by atoms with E-state index in [1.807, 2.05) is 0 Å². The Labute approximate surface area is 483 Å². The van der Waals surface area contributed by atoms with Gasteiger partial charge in [0, 0.05) is 92.5 Å². The Balaban J connectivity index is 1.50. The summed E-state index contributed by atoms with van der Waals surface area (Å²) in [6.07, 6.45) is -9.21. The van der Waals surface area contributed by atoms with E-state index in [9.17, 15) is 84.3 Å². The summed E-state index contributed by atoms with van der Waals surface area (Å²) in [4.78, 5) is 101. The van der Waals surface area contributed by atoms with Gasteiger partial charge in [0.1, 0.15) is 66.9 Å². The van der Waals surface area contributed by atoms with Crippen LogP contribution in [0.25, 0.3) is 0 Å². The Kier molecular flexibility index (Phi) is 34.1. The fourth-order valence-corrected chi connectivity index (χ4v) is 9.92. The van der Waals surface area contributed by atoms with Gasteiger partial charge in [-0.05, 0) is 83.5 Å². The maximum absolute atomic E-state index is 13.9. The first-order valence-electron chi connectivity index (χ1n) is 28.8. The first-order chi connectivity index (χ1) is 39.6. The van der Waals surface area contributed by atoms with Crippen molar-refractivity contribution < 1.29 is 108 Å². The van der Waals surface area contributed by atoms with Crippen molar-refractivity contribution in [2.75, 3.05) is 59.8 Å². The first-order valence-corrected chi connectivity index (χ1v) is 28.8. The lowest BCUT2D eigenvalue weighted by molar-refractivity contribution is -0.270. The molecule has 1 aliphatic carbocycles.